The van der Waals surface area contributed by atoms with E-state index in [2.05, 4.69) is 21.0 Å². The number of hydrogen-bond acceptors (Lipinski definition) is 2. The van der Waals surface area contributed by atoms with Crippen molar-refractivity contribution in [1.29, 1.82) is 0 Å². The van der Waals surface area contributed by atoms with E-state index in [9.17, 15) is 0 Å². The van der Waals surface area contributed by atoms with Crippen molar-refractivity contribution >= 4 is 33.5 Å². The summed E-state index contributed by atoms with van der Waals surface area (Å²) in [5.41, 5.74) is 2.88. The smallest absolute Gasteiger partial charge is 0.161 e. The molecule has 96 valence electrons. The van der Waals surface area contributed by atoms with Gasteiger partial charge in [0.2, 0.25) is 0 Å². The number of hydrogen-bond donors (Lipinski definition) is 1. The Bertz CT molecular complexity index is 910. The van der Waals surface area contributed by atoms with Gasteiger partial charge in [0.25, 0.3) is 0 Å². The van der Waals surface area contributed by atoms with E-state index in [1.807, 2.05) is 48.7 Å². The molecule has 4 heteroatoms. The van der Waals surface area contributed by atoms with Gasteiger partial charge in [-0.15, -0.1) is 0 Å². The third-order valence-corrected chi connectivity index (χ3v) is 3.61. The van der Waals surface area contributed by atoms with Crippen LogP contribution in [0.1, 0.15) is 0 Å². The van der Waals surface area contributed by atoms with Crippen molar-refractivity contribution in [2.75, 3.05) is 0 Å². The van der Waals surface area contributed by atoms with Crippen LogP contribution in [0.5, 0.6) is 0 Å². The summed E-state index contributed by atoms with van der Waals surface area (Å²) in [5, 5.41) is 2.89. The Morgan fingerprint density at radius 3 is 2.55 bits per heavy atom. The number of aromatic amines is 1. The molecule has 0 fully saturated rings. The first-order valence-corrected chi connectivity index (χ1v) is 6.68. The number of para-hydroxylation sites is 1. The van der Waals surface area contributed by atoms with Gasteiger partial charge in [0.05, 0.1) is 0 Å². The van der Waals surface area contributed by atoms with Crippen LogP contribution in [0.4, 0.5) is 0 Å². The molecule has 3 nitrogen and oxygen atoms in total. The summed E-state index contributed by atoms with van der Waals surface area (Å²) >= 11 is 5.90. The van der Waals surface area contributed by atoms with Crippen LogP contribution in [-0.2, 0) is 0 Å². The van der Waals surface area contributed by atoms with Crippen molar-refractivity contribution < 1.29 is 0 Å². The number of fused-ring (bicyclic) bond motifs is 3. The second-order valence-electron chi connectivity index (χ2n) is 4.63. The van der Waals surface area contributed by atoms with Gasteiger partial charge in [-0.3, -0.25) is 0 Å². The largest absolute Gasteiger partial charge is 0.339 e. The van der Waals surface area contributed by atoms with Crippen LogP contribution in [0, 0.1) is 0 Å². The molecule has 2 aromatic carbocycles. The molecule has 0 spiro atoms. The Morgan fingerprint density at radius 1 is 0.900 bits per heavy atom. The quantitative estimate of drug-likeness (QED) is 0.560. The standard InChI is InChI=1S/C16H10ClN3/c17-11-7-5-10(6-8-11)15-18-9-13-12-3-1-2-4-14(12)19-16(13)20-15/h1-9H,(H,18,19,20). The number of nitrogens with zero attached hydrogens (tertiary/aromatic N) is 2. The minimum Gasteiger partial charge on any atom is -0.339 e. The third kappa shape index (κ3) is 1.75. The topological polar surface area (TPSA) is 41.6 Å². The summed E-state index contributed by atoms with van der Waals surface area (Å²) in [5.74, 6) is 0.695. The molecule has 2 heterocycles. The molecule has 0 atom stereocenters. The Kier molecular flexibility index (Phi) is 2.47. The predicted octanol–water partition coefficient (Wildman–Crippen LogP) is 4.43. The van der Waals surface area contributed by atoms with Crippen LogP contribution in [-0.4, -0.2) is 15.0 Å². The van der Waals surface area contributed by atoms with Gasteiger partial charge in [-0.25, -0.2) is 9.97 Å². The van der Waals surface area contributed by atoms with E-state index in [-0.39, 0.29) is 0 Å². The fraction of sp³-hybridized carbons (Fsp3) is 0. The third-order valence-electron chi connectivity index (χ3n) is 3.36. The monoisotopic (exact) mass is 279 g/mol. The van der Waals surface area contributed by atoms with Gasteiger partial charge < -0.3 is 4.98 Å². The highest BCUT2D eigenvalue weighted by Gasteiger charge is 2.08. The molecule has 1 N–H and O–H groups in total. The van der Waals surface area contributed by atoms with Gasteiger partial charge in [-0.2, -0.15) is 0 Å². The number of H-pyrrole nitrogens is 1. The molecule has 0 radical (unpaired) electrons. The van der Waals surface area contributed by atoms with Crippen molar-refractivity contribution in [2.24, 2.45) is 0 Å². The maximum Gasteiger partial charge on any atom is 0.161 e. The molecule has 0 aliphatic rings. The highest BCUT2D eigenvalue weighted by Crippen LogP contribution is 2.25. The van der Waals surface area contributed by atoms with Crippen LogP contribution in [0.2, 0.25) is 5.02 Å². The summed E-state index contributed by atoms with van der Waals surface area (Å²) < 4.78 is 0. The number of rotatable bonds is 1. The van der Waals surface area contributed by atoms with Crippen LogP contribution in [0.15, 0.2) is 54.7 Å². The minimum atomic E-state index is 0.695. The van der Waals surface area contributed by atoms with E-state index in [0.717, 1.165) is 27.5 Å². The van der Waals surface area contributed by atoms with Crippen molar-refractivity contribution in [3.05, 3.63) is 59.8 Å². The van der Waals surface area contributed by atoms with Gasteiger partial charge in [-0.05, 0) is 30.3 Å². The van der Waals surface area contributed by atoms with Crippen molar-refractivity contribution in [1.82, 2.24) is 15.0 Å². The average molecular weight is 280 g/mol. The molecule has 0 aliphatic heterocycles. The zero-order chi connectivity index (χ0) is 13.5. The van der Waals surface area contributed by atoms with Crippen LogP contribution in [0.25, 0.3) is 33.3 Å². The van der Waals surface area contributed by atoms with Crippen molar-refractivity contribution in [2.45, 2.75) is 0 Å². The second kappa shape index (κ2) is 4.32. The normalized spacial score (nSPS) is 11.2. The van der Waals surface area contributed by atoms with Crippen molar-refractivity contribution in [3.63, 3.8) is 0 Å². The second-order valence-corrected chi connectivity index (χ2v) is 5.07. The minimum absolute atomic E-state index is 0.695. The fourth-order valence-electron chi connectivity index (χ4n) is 2.37. The van der Waals surface area contributed by atoms with E-state index in [1.54, 1.807) is 0 Å². The lowest BCUT2D eigenvalue weighted by Gasteiger charge is -2.00. The molecule has 0 saturated carbocycles. The van der Waals surface area contributed by atoms with Gasteiger partial charge in [0.15, 0.2) is 5.82 Å². The van der Waals surface area contributed by atoms with Gasteiger partial charge in [-0.1, -0.05) is 29.8 Å². The van der Waals surface area contributed by atoms with Crippen LogP contribution in [0.3, 0.4) is 0 Å². The predicted molar refractivity (Wildman–Crippen MR) is 81.8 cm³/mol. The van der Waals surface area contributed by atoms with Crippen LogP contribution >= 0.6 is 11.6 Å². The molecular weight excluding hydrogens is 270 g/mol. The van der Waals surface area contributed by atoms with Gasteiger partial charge in [0, 0.05) is 33.1 Å². The highest BCUT2D eigenvalue weighted by molar-refractivity contribution is 6.30. The maximum atomic E-state index is 5.90. The maximum absolute atomic E-state index is 5.90. The van der Waals surface area contributed by atoms with E-state index in [4.69, 9.17) is 11.6 Å². The Balaban J connectivity index is 1.94. The summed E-state index contributed by atoms with van der Waals surface area (Å²) in [7, 11) is 0. The van der Waals surface area contributed by atoms with Gasteiger partial charge >= 0.3 is 0 Å². The number of halogens is 1. The van der Waals surface area contributed by atoms with E-state index in [1.165, 1.54) is 0 Å². The van der Waals surface area contributed by atoms with E-state index >= 15 is 0 Å². The SMILES string of the molecule is Clc1ccc(-c2ncc3c(n2)[nH]c2ccccc23)cc1. The fourth-order valence-corrected chi connectivity index (χ4v) is 2.49. The number of benzene rings is 2. The van der Waals surface area contributed by atoms with Gasteiger partial charge in [0.1, 0.15) is 5.65 Å². The first-order valence-electron chi connectivity index (χ1n) is 6.31. The molecular formula is C16H10ClN3. The summed E-state index contributed by atoms with van der Waals surface area (Å²) in [6, 6.07) is 15.7. The molecule has 0 unspecified atom stereocenters. The Morgan fingerprint density at radius 2 is 1.70 bits per heavy atom. The lowest BCUT2D eigenvalue weighted by atomic mass is 10.2. The summed E-state index contributed by atoms with van der Waals surface area (Å²) in [6.45, 7) is 0. The Labute approximate surface area is 120 Å². The zero-order valence-corrected chi connectivity index (χ0v) is 11.2. The summed E-state index contributed by atoms with van der Waals surface area (Å²) in [6.07, 6.45) is 1.87. The molecule has 2 aromatic heterocycles. The van der Waals surface area contributed by atoms with E-state index in [0.29, 0.717) is 10.8 Å². The first kappa shape index (κ1) is 11.4. The lowest BCUT2D eigenvalue weighted by molar-refractivity contribution is 1.21. The molecule has 4 rings (SSSR count). The Hall–Kier alpha value is -2.39. The number of nitrogens with one attached hydrogen (secondary N) is 1. The number of aromatic nitrogens is 3. The first-order chi connectivity index (χ1) is 9.81. The molecule has 0 bridgehead atoms. The van der Waals surface area contributed by atoms with Crippen molar-refractivity contribution in [3.8, 4) is 11.4 Å². The molecule has 0 saturated heterocycles. The van der Waals surface area contributed by atoms with E-state index < -0.39 is 0 Å². The van der Waals surface area contributed by atoms with Crippen LogP contribution < -0.4 is 0 Å². The highest BCUT2D eigenvalue weighted by atomic mass is 35.5. The zero-order valence-electron chi connectivity index (χ0n) is 10.5. The summed E-state index contributed by atoms with van der Waals surface area (Å²) in [4.78, 5) is 12.4. The molecule has 0 amide bonds. The molecule has 0 aliphatic carbocycles. The molecule has 4 aromatic rings. The average Bonchev–Trinajstić information content (AvgIpc) is 2.85. The lowest BCUT2D eigenvalue weighted by Crippen LogP contribution is -1.88. The molecule has 20 heavy (non-hydrogen) atoms.